The third-order valence-corrected chi connectivity index (χ3v) is 20.4. The van der Waals surface area contributed by atoms with E-state index in [1.165, 1.54) is 67.1 Å². The second-order valence-corrected chi connectivity index (χ2v) is 28.8. The van der Waals surface area contributed by atoms with Gasteiger partial charge in [0.05, 0.1) is 60.9 Å². The Bertz CT molecular complexity index is 4090. The zero-order chi connectivity index (χ0) is 69.6. The van der Waals surface area contributed by atoms with Crippen molar-refractivity contribution in [3.8, 4) is 17.6 Å². The molecule has 8 atom stereocenters. The van der Waals surface area contributed by atoms with E-state index >= 15 is 0 Å². The van der Waals surface area contributed by atoms with Gasteiger partial charge in [-0.1, -0.05) is 84.4 Å². The summed E-state index contributed by atoms with van der Waals surface area (Å²) in [4.78, 5) is 104. The number of phosphoric acid groups is 3. The van der Waals surface area contributed by atoms with Crippen LogP contribution < -0.4 is 51.1 Å². The number of carbonyl (C=O) groups excluding carboxylic acids is 3. The van der Waals surface area contributed by atoms with Crippen molar-refractivity contribution in [3.05, 3.63) is 163 Å². The molecule has 6 unspecified atom stereocenters. The molecule has 5 heterocycles. The summed E-state index contributed by atoms with van der Waals surface area (Å²) in [5.41, 5.74) is 24.1. The highest BCUT2D eigenvalue weighted by Gasteiger charge is 2.47. The molecule has 3 aliphatic heterocycles. The number of amides is 2. The molecule has 31 heteroatoms. The number of benzene rings is 3. The molecule has 28 nitrogen and oxygen atoms in total. The summed E-state index contributed by atoms with van der Waals surface area (Å²) >= 11 is 0. The minimum absolute atomic E-state index is 0.00128. The molecule has 1 fully saturated rings. The van der Waals surface area contributed by atoms with Gasteiger partial charge >= 0.3 is 0 Å². The monoisotopic (exact) mass is 1380 g/mol. The Balaban J connectivity index is 0.715. The van der Waals surface area contributed by atoms with E-state index in [9.17, 15) is 53.1 Å². The van der Waals surface area contributed by atoms with Crippen LogP contribution in [0.1, 0.15) is 124 Å². The van der Waals surface area contributed by atoms with Gasteiger partial charge in [-0.2, -0.15) is 0 Å². The number of fused-ring (bicyclic) bond motifs is 3. The molecule has 1 saturated heterocycles. The van der Waals surface area contributed by atoms with Crippen LogP contribution in [0.25, 0.3) is 21.3 Å². The normalized spacial score (nSPS) is 20.4. The van der Waals surface area contributed by atoms with Gasteiger partial charge in [-0.05, 0) is 126 Å². The molecule has 5 aromatic rings. The van der Waals surface area contributed by atoms with Crippen molar-refractivity contribution < 1.29 is 84.6 Å². The number of anilines is 2. The maximum absolute atomic E-state index is 13.2. The minimum atomic E-state index is -6.10. The van der Waals surface area contributed by atoms with Crippen LogP contribution in [0.2, 0.25) is 0 Å². The van der Waals surface area contributed by atoms with Crippen molar-refractivity contribution in [3.63, 3.8) is 0 Å². The van der Waals surface area contributed by atoms with Crippen LogP contribution in [0.15, 0.2) is 119 Å². The van der Waals surface area contributed by atoms with E-state index in [-0.39, 0.29) is 84.0 Å². The van der Waals surface area contributed by atoms with Crippen LogP contribution in [0.4, 0.5) is 17.2 Å². The highest BCUT2D eigenvalue weighted by molar-refractivity contribution is 7.65. The number of nitrogens with zero attached hydrogens (tertiary/aromatic N) is 5. The van der Waals surface area contributed by atoms with E-state index < -0.39 is 66.7 Å². The topological polar surface area (TPSA) is 401 Å². The number of Topliss-reactive ketones (excluding diaryl/α,β-unsaturated/α-hetero) is 1. The fourth-order valence-electron chi connectivity index (χ4n) is 12.2. The number of ketones is 1. The number of hydrogen-bond donors (Lipinski definition) is 6. The number of unbranched alkanes of at least 4 members (excludes halogenated alkanes) is 1. The van der Waals surface area contributed by atoms with Crippen LogP contribution in [0, 0.1) is 25.7 Å². The first kappa shape index (κ1) is 74.3. The Morgan fingerprint density at radius 1 is 0.948 bits per heavy atom. The van der Waals surface area contributed by atoms with Crippen molar-refractivity contribution in [2.24, 2.45) is 5.11 Å². The number of ether oxygens (including phenoxy) is 4. The summed E-state index contributed by atoms with van der Waals surface area (Å²) in [6.07, 6.45) is 12.8. The number of likely N-dealkylation sites (N-methyl/N-ethyl adjacent to an activating group) is 1. The van der Waals surface area contributed by atoms with Crippen LogP contribution in [0.3, 0.4) is 0 Å². The molecule has 3 aliphatic rings. The third-order valence-electron chi connectivity index (χ3n) is 16.7. The van der Waals surface area contributed by atoms with E-state index in [1.54, 1.807) is 18.2 Å². The lowest BCUT2D eigenvalue weighted by molar-refractivity contribution is -0.848. The average molecular weight is 1380 g/mol. The second kappa shape index (κ2) is 32.7. The summed E-state index contributed by atoms with van der Waals surface area (Å²) < 4.78 is 70.0. The van der Waals surface area contributed by atoms with Gasteiger partial charge in [-0.25, -0.2) is 8.62 Å². The Kier molecular flexibility index (Phi) is 25.3. The van der Waals surface area contributed by atoms with E-state index in [0.717, 1.165) is 25.9 Å². The molecular formula is C65H81N10O18P3-2. The number of H-pyrrole nitrogens is 1. The zero-order valence-corrected chi connectivity index (χ0v) is 57.2. The summed E-state index contributed by atoms with van der Waals surface area (Å²) in [7, 11) is -17.8. The van der Waals surface area contributed by atoms with Crippen molar-refractivity contribution in [2.75, 3.05) is 69.8 Å². The number of hydrogen-bond acceptors (Lipinski definition) is 20. The number of nitrogens with one attached hydrogen (secondary N) is 4. The number of nitrogens with two attached hydrogens (primary N) is 1. The lowest BCUT2D eigenvalue weighted by Gasteiger charge is -2.32. The molecule has 2 aromatic heterocycles. The fourth-order valence-corrected chi connectivity index (χ4v) is 15.1. The van der Waals surface area contributed by atoms with Gasteiger partial charge in [0, 0.05) is 71.0 Å². The predicted molar refractivity (Wildman–Crippen MR) is 352 cm³/mol. The standard InChI is InChI=1S/C65H83N10O18P3/c1-8-73-52-27-24-43(2)35-50(52)64(4,5)55(73)22-10-9-11-23-56-65(6,7)51-36-44(3)25-28-53(51)74(56)32-13-12-19-47(76)20-16-31-69-62(78)45-17-14-21-48(37-45)89-42-59(71-72-67)88-34-33-87-41-58(77)68-30-15-18-46-39-75(54-38-57(66)70-63(79)61(46)54)60-29-26-49(91-60)40-90-95(83,84)93-96(85,86)92-94(80,81)82/h9-11,14,17,21-25,27-28,35-39,49,55,59-60H,8,12-13,16,19-20,26,29-34,40-42H2,1-7H3,(H,68,77)(H,69,78)(H,83,84)(H,85,86)(H3,66,70,79)(H2,80,81,82)/p-2/b11-9+,22-10+,56-23+/t49-,55?,59?,60+/m0/s1. The molecule has 2 amide bonds. The summed E-state index contributed by atoms with van der Waals surface area (Å²) in [6.45, 7) is 16.1. The smallest absolute Gasteiger partial charge is 0.280 e. The number of aromatic amines is 1. The number of carbonyl (C=O) groups is 3. The summed E-state index contributed by atoms with van der Waals surface area (Å²) in [5.74, 6) is 5.11. The van der Waals surface area contributed by atoms with Crippen LogP contribution in [0.5, 0.6) is 5.75 Å². The zero-order valence-electron chi connectivity index (χ0n) is 54.5. The number of phosphoric ester groups is 1. The molecule has 96 heavy (non-hydrogen) atoms. The molecular weight excluding hydrogens is 1300 g/mol. The van der Waals surface area contributed by atoms with Gasteiger partial charge in [0.15, 0.2) is 6.23 Å². The lowest BCUT2D eigenvalue weighted by atomic mass is 9.80. The number of aromatic nitrogens is 2. The number of nitrogen functional groups attached to an aromatic ring is 1. The van der Waals surface area contributed by atoms with Crippen LogP contribution >= 0.6 is 23.5 Å². The van der Waals surface area contributed by atoms with Gasteiger partial charge in [0.2, 0.25) is 5.91 Å². The first-order valence-electron chi connectivity index (χ1n) is 31.3. The second-order valence-electron chi connectivity index (χ2n) is 24.5. The van der Waals surface area contributed by atoms with Gasteiger partial charge < -0.3 is 73.9 Å². The SMILES string of the molecule is CC[NH+]1c2ccc(C)cc2C(C)(C)C1/C=C/C=C/C=C1/N(CCCCC(=O)CCCNC(=O)c2cccc(OCC(N=[N+]=[N-])OCCOCC(=O)NCC#Cc3cn([C@H]4CC[C@@H](COP(=O)([O-])OP(=O)([O-])OP(=O)([O-])O)O4)c4cc(N)[nH]c(=O)c34)c2)c2ccc(C)cc2C1(C)C. The highest BCUT2D eigenvalue weighted by atomic mass is 31.3. The van der Waals surface area contributed by atoms with Gasteiger partial charge in [-0.3, -0.25) is 37.8 Å². The number of pyridine rings is 1. The van der Waals surface area contributed by atoms with Gasteiger partial charge in [-0.15, -0.1) is 0 Å². The molecule has 3 aromatic carbocycles. The number of quaternary nitrogens is 1. The average Bonchev–Trinajstić information content (AvgIpc) is 1.60. The highest BCUT2D eigenvalue weighted by Crippen LogP contribution is 2.61. The molecule has 0 aliphatic carbocycles. The molecule has 8 rings (SSSR count). The number of rotatable bonds is 33. The number of aryl methyl sites for hydroxylation is 2. The maximum atomic E-state index is 13.2. The Hall–Kier alpha value is -7.50. The molecule has 0 bridgehead atoms. The molecule has 0 spiro atoms. The van der Waals surface area contributed by atoms with Crippen molar-refractivity contribution >= 4 is 69.2 Å². The van der Waals surface area contributed by atoms with Gasteiger partial charge in [0.25, 0.3) is 34.9 Å². The lowest BCUT2D eigenvalue weighted by Crippen LogP contribution is -3.10. The largest absolute Gasteiger partial charge is 0.756 e. The Labute approximate surface area is 556 Å². The van der Waals surface area contributed by atoms with Gasteiger partial charge in [0.1, 0.15) is 48.5 Å². The fraction of sp³-hybridized carbons (Fsp3) is 0.446. The number of allylic oxidation sites excluding steroid dienone is 5. The molecule has 7 N–H and O–H groups in total. The minimum Gasteiger partial charge on any atom is -0.756 e. The van der Waals surface area contributed by atoms with E-state index in [2.05, 4.69) is 171 Å². The third kappa shape index (κ3) is 19.8. The van der Waals surface area contributed by atoms with E-state index in [0.29, 0.717) is 43.2 Å². The first-order chi connectivity index (χ1) is 45.5. The van der Waals surface area contributed by atoms with Crippen LogP contribution in [-0.4, -0.2) is 110 Å². The Morgan fingerprint density at radius 2 is 1.70 bits per heavy atom. The van der Waals surface area contributed by atoms with E-state index in [4.69, 9.17) is 29.6 Å². The van der Waals surface area contributed by atoms with Crippen molar-refractivity contribution in [1.82, 2.24) is 20.2 Å². The summed E-state index contributed by atoms with van der Waals surface area (Å²) in [5, 5.41) is 9.17. The molecule has 0 saturated carbocycles. The Morgan fingerprint density at radius 3 is 2.45 bits per heavy atom. The molecule has 516 valence electrons. The van der Waals surface area contributed by atoms with Crippen LogP contribution in [-0.2, 0) is 61.5 Å². The van der Waals surface area contributed by atoms with Crippen molar-refractivity contribution in [2.45, 2.75) is 129 Å². The molecule has 0 radical (unpaired) electrons. The first-order valence-corrected chi connectivity index (χ1v) is 35.8. The number of azide groups is 1. The van der Waals surface area contributed by atoms with Crippen molar-refractivity contribution in [1.29, 1.82) is 0 Å². The predicted octanol–water partition coefficient (Wildman–Crippen LogP) is 6.81. The summed E-state index contributed by atoms with van der Waals surface area (Å²) in [6, 6.07) is 21.7. The van der Waals surface area contributed by atoms with E-state index in [1.807, 2.05) is 0 Å². The maximum Gasteiger partial charge on any atom is 0.280 e. The quantitative estimate of drug-likeness (QED) is 0.00477.